The van der Waals surface area contributed by atoms with Crippen LogP contribution in [-0.2, 0) is 42.2 Å². The summed E-state index contributed by atoms with van der Waals surface area (Å²) in [4.78, 5) is 43.7. The summed E-state index contributed by atoms with van der Waals surface area (Å²) < 4.78 is 37.9. The van der Waals surface area contributed by atoms with E-state index in [2.05, 4.69) is 0 Å². The molecule has 2 rings (SSSR count). The van der Waals surface area contributed by atoms with Crippen molar-refractivity contribution < 1.29 is 47.1 Å². The molecule has 1 saturated heterocycles. The van der Waals surface area contributed by atoms with Gasteiger partial charge in [-0.2, -0.15) is 0 Å². The maximum absolute atomic E-state index is 12.2. The zero-order chi connectivity index (χ0) is 25.2. The average Bonchev–Trinajstić information content (AvgIpc) is 2.96. The highest BCUT2D eigenvalue weighted by atomic mass is 31.2. The fourth-order valence-electron chi connectivity index (χ4n) is 3.14. The number of carbonyl (C=O) groups excluding carboxylic acids is 3. The van der Waals surface area contributed by atoms with Gasteiger partial charge in [0, 0.05) is 20.3 Å². The van der Waals surface area contributed by atoms with Gasteiger partial charge in [0.15, 0.2) is 0 Å². The molecule has 186 valence electrons. The monoisotopic (exact) mass is 496 g/mol. The molecule has 0 saturated carbocycles. The van der Waals surface area contributed by atoms with Crippen LogP contribution in [0.3, 0.4) is 0 Å². The number of rotatable bonds is 10. The largest absolute Gasteiger partial charge is 0.473 e. The van der Waals surface area contributed by atoms with Crippen LogP contribution in [0.25, 0.3) is 0 Å². The highest BCUT2D eigenvalue weighted by Crippen LogP contribution is 2.58. The summed E-state index contributed by atoms with van der Waals surface area (Å²) in [5.41, 5.74) is -1.34. The Balaban J connectivity index is 2.08. The van der Waals surface area contributed by atoms with Crippen molar-refractivity contribution in [3.63, 3.8) is 0 Å². The first-order chi connectivity index (χ1) is 16.0. The molecular weight excluding hydrogens is 467 g/mol. The Bertz CT molecular complexity index is 947. The number of cyclic esters (lactones) is 1. The molecule has 2 aliphatic rings. The van der Waals surface area contributed by atoms with E-state index in [4.69, 9.17) is 23.3 Å². The van der Waals surface area contributed by atoms with Crippen LogP contribution in [0.4, 0.5) is 0 Å². The Morgan fingerprint density at radius 2 is 2.00 bits per heavy atom. The molecule has 0 aliphatic carbocycles. The van der Waals surface area contributed by atoms with Gasteiger partial charge in [-0.15, -0.1) is 0 Å². The number of phosphoric ester groups is 1. The van der Waals surface area contributed by atoms with E-state index in [9.17, 15) is 23.8 Å². The van der Waals surface area contributed by atoms with Crippen molar-refractivity contribution in [1.29, 1.82) is 0 Å². The number of phosphoric acid groups is 1. The molecule has 0 radical (unpaired) electrons. The summed E-state index contributed by atoms with van der Waals surface area (Å²) in [5.74, 6) is -1.30. The van der Waals surface area contributed by atoms with E-state index in [-0.39, 0.29) is 31.4 Å². The van der Waals surface area contributed by atoms with Crippen molar-refractivity contribution >= 4 is 25.7 Å². The standard InChI is InChI=1S/C23H29O10P/c1-17(24)29-15-8-6-4-5-7-10-20(30-18(2)25)16-21-23(3,33-34(27,28)32-21)14-13-19-11-9-12-22(26)31-19/h4-11,13-14,19-21H,12,15-16H2,1-3H3,(H,27,28)/b5-4-,8-6+,10-7-,14-13+/t19-,20+,21+,23-/m1/s1. The summed E-state index contributed by atoms with van der Waals surface area (Å²) >= 11 is 0. The molecule has 34 heavy (non-hydrogen) atoms. The molecule has 0 bridgehead atoms. The van der Waals surface area contributed by atoms with Crippen LogP contribution in [0, 0.1) is 0 Å². The number of ether oxygens (including phenoxy) is 3. The molecule has 0 aromatic rings. The van der Waals surface area contributed by atoms with Crippen LogP contribution in [-0.4, -0.2) is 53.3 Å². The lowest BCUT2D eigenvalue weighted by atomic mass is 9.93. The summed E-state index contributed by atoms with van der Waals surface area (Å²) in [6.45, 7) is 4.28. The Kier molecular flexibility index (Phi) is 10.2. The third kappa shape index (κ3) is 9.61. The highest BCUT2D eigenvalue weighted by Gasteiger charge is 2.51. The lowest BCUT2D eigenvalue weighted by molar-refractivity contribution is -0.146. The van der Waals surface area contributed by atoms with E-state index in [1.54, 1.807) is 55.5 Å². The first kappa shape index (κ1) is 27.5. The first-order valence-electron chi connectivity index (χ1n) is 10.6. The van der Waals surface area contributed by atoms with Gasteiger partial charge in [0.05, 0.1) is 6.42 Å². The van der Waals surface area contributed by atoms with Gasteiger partial charge in [-0.25, -0.2) is 4.57 Å². The molecule has 0 aromatic carbocycles. The Morgan fingerprint density at radius 1 is 1.26 bits per heavy atom. The third-order valence-corrected chi connectivity index (χ3v) is 5.79. The van der Waals surface area contributed by atoms with Crippen LogP contribution in [0.5, 0.6) is 0 Å². The van der Waals surface area contributed by atoms with E-state index >= 15 is 0 Å². The average molecular weight is 496 g/mol. The number of carbonyl (C=O) groups is 3. The van der Waals surface area contributed by atoms with E-state index in [1.807, 2.05) is 0 Å². The van der Waals surface area contributed by atoms with Gasteiger partial charge < -0.3 is 19.1 Å². The summed E-state index contributed by atoms with van der Waals surface area (Å²) in [7, 11) is -4.35. The zero-order valence-corrected chi connectivity index (χ0v) is 20.1. The quantitative estimate of drug-likeness (QED) is 0.158. The minimum atomic E-state index is -4.35. The number of hydrogen-bond acceptors (Lipinski definition) is 9. The molecule has 11 heteroatoms. The van der Waals surface area contributed by atoms with Crippen molar-refractivity contribution in [2.45, 2.75) is 57.5 Å². The van der Waals surface area contributed by atoms with Gasteiger partial charge >= 0.3 is 25.7 Å². The molecule has 0 spiro atoms. The molecule has 2 heterocycles. The normalized spacial score (nSPS) is 30.4. The molecule has 1 unspecified atom stereocenters. The van der Waals surface area contributed by atoms with Gasteiger partial charge in [-0.1, -0.05) is 30.4 Å². The summed E-state index contributed by atoms with van der Waals surface area (Å²) in [6, 6.07) is 0. The summed E-state index contributed by atoms with van der Waals surface area (Å²) in [5, 5.41) is 0. The van der Waals surface area contributed by atoms with Crippen molar-refractivity contribution in [1.82, 2.24) is 0 Å². The van der Waals surface area contributed by atoms with Crippen LogP contribution in [0.2, 0.25) is 0 Å². The highest BCUT2D eigenvalue weighted by molar-refractivity contribution is 7.47. The summed E-state index contributed by atoms with van der Waals surface area (Å²) in [6.07, 6.45) is 14.2. The van der Waals surface area contributed by atoms with E-state index in [0.717, 1.165) is 0 Å². The van der Waals surface area contributed by atoms with Crippen molar-refractivity contribution in [3.05, 3.63) is 60.8 Å². The number of hydrogen-bond donors (Lipinski definition) is 1. The van der Waals surface area contributed by atoms with Crippen LogP contribution in [0.15, 0.2) is 60.8 Å². The fourth-order valence-corrected chi connectivity index (χ4v) is 4.48. The second-order valence-electron chi connectivity index (χ2n) is 7.67. The van der Waals surface area contributed by atoms with E-state index in [0.29, 0.717) is 0 Å². The number of allylic oxidation sites excluding steroid dienone is 4. The molecule has 10 nitrogen and oxygen atoms in total. The minimum Gasteiger partial charge on any atom is -0.462 e. The molecule has 0 aromatic heterocycles. The van der Waals surface area contributed by atoms with Crippen LogP contribution in [0.1, 0.15) is 33.6 Å². The number of esters is 3. The first-order valence-corrected chi connectivity index (χ1v) is 12.1. The lowest BCUT2D eigenvalue weighted by Crippen LogP contribution is -2.38. The Hall–Kier alpha value is -2.78. The predicted octanol–water partition coefficient (Wildman–Crippen LogP) is 3.24. The zero-order valence-electron chi connectivity index (χ0n) is 19.2. The van der Waals surface area contributed by atoms with Gasteiger partial charge in [0.2, 0.25) is 0 Å². The topological polar surface area (TPSA) is 135 Å². The molecule has 1 N–H and O–H groups in total. The minimum absolute atomic E-state index is 0.0257. The molecule has 5 atom stereocenters. The smallest absolute Gasteiger partial charge is 0.462 e. The molecule has 1 fully saturated rings. The Morgan fingerprint density at radius 3 is 2.68 bits per heavy atom. The molecule has 0 amide bonds. The SMILES string of the molecule is CC(=O)OC/C=C/C=C\C=C/[C@@H](C[C@@H]1OP(=O)(O)O[C@]1(C)/C=C/[C@H]1C=CCC(=O)O1)OC(C)=O. The van der Waals surface area contributed by atoms with Crippen LogP contribution >= 0.6 is 7.82 Å². The van der Waals surface area contributed by atoms with E-state index < -0.39 is 37.7 Å². The maximum Gasteiger partial charge on any atom is 0.473 e. The second kappa shape index (κ2) is 12.6. The lowest BCUT2D eigenvalue weighted by Gasteiger charge is -2.26. The second-order valence-corrected chi connectivity index (χ2v) is 9.00. The Labute approximate surface area is 198 Å². The van der Waals surface area contributed by atoms with E-state index in [1.165, 1.54) is 26.0 Å². The van der Waals surface area contributed by atoms with Gasteiger partial charge in [0.25, 0.3) is 0 Å². The van der Waals surface area contributed by atoms with Gasteiger partial charge in [-0.3, -0.25) is 23.4 Å². The van der Waals surface area contributed by atoms with Crippen molar-refractivity contribution in [2.75, 3.05) is 6.61 Å². The van der Waals surface area contributed by atoms with Gasteiger partial charge in [-0.05, 0) is 37.3 Å². The van der Waals surface area contributed by atoms with Crippen LogP contribution < -0.4 is 0 Å². The van der Waals surface area contributed by atoms with Crippen molar-refractivity contribution in [2.24, 2.45) is 0 Å². The van der Waals surface area contributed by atoms with Gasteiger partial charge in [0.1, 0.15) is 30.5 Å². The molecular formula is C23H29O10P. The third-order valence-electron chi connectivity index (χ3n) is 4.65. The molecule has 2 aliphatic heterocycles. The fraction of sp³-hybridized carbons (Fsp3) is 0.435. The maximum atomic E-state index is 12.2. The van der Waals surface area contributed by atoms with Crippen molar-refractivity contribution in [3.8, 4) is 0 Å². The predicted molar refractivity (Wildman–Crippen MR) is 121 cm³/mol.